The maximum absolute atomic E-state index is 13.5. The summed E-state index contributed by atoms with van der Waals surface area (Å²) in [5, 5.41) is 3.83. The summed E-state index contributed by atoms with van der Waals surface area (Å²) >= 11 is 0. The number of pyridine rings is 1. The molecule has 0 aliphatic heterocycles. The second-order valence-corrected chi connectivity index (χ2v) is 3.06. The van der Waals surface area contributed by atoms with Crippen LogP contribution in [0.5, 0.6) is 0 Å². The smallest absolute Gasteiger partial charge is 0.192 e. The largest absolute Gasteiger partial charge is 0.381 e. The molecule has 4 nitrogen and oxygen atoms in total. The van der Waals surface area contributed by atoms with Gasteiger partial charge in [-0.15, -0.1) is 0 Å². The van der Waals surface area contributed by atoms with Crippen molar-refractivity contribution in [3.63, 3.8) is 0 Å². The third-order valence-electron chi connectivity index (χ3n) is 2.01. The van der Waals surface area contributed by atoms with Gasteiger partial charge < -0.3 is 5.73 Å². The Kier molecular flexibility index (Phi) is 2.11. The van der Waals surface area contributed by atoms with Crippen LogP contribution in [0.1, 0.15) is 0 Å². The highest BCUT2D eigenvalue weighted by molar-refractivity contribution is 5.62. The zero-order valence-corrected chi connectivity index (χ0v) is 7.91. The Morgan fingerprint density at radius 3 is 2.60 bits per heavy atom. The minimum Gasteiger partial charge on any atom is -0.381 e. The number of anilines is 1. The van der Waals surface area contributed by atoms with E-state index in [1.54, 1.807) is 0 Å². The number of hydrogen-bond acceptors (Lipinski definition) is 3. The normalized spacial score (nSPS) is 10.6. The molecule has 78 valence electrons. The van der Waals surface area contributed by atoms with E-state index in [1.807, 2.05) is 0 Å². The van der Waals surface area contributed by atoms with Crippen molar-refractivity contribution >= 4 is 5.82 Å². The Labute approximate surface area is 84.4 Å². The van der Waals surface area contributed by atoms with E-state index in [4.69, 9.17) is 5.73 Å². The van der Waals surface area contributed by atoms with Crippen molar-refractivity contribution in [2.24, 2.45) is 7.05 Å². The van der Waals surface area contributed by atoms with Crippen LogP contribution < -0.4 is 5.73 Å². The van der Waals surface area contributed by atoms with Crippen LogP contribution in [-0.2, 0) is 7.05 Å². The predicted octanol–water partition coefficient (Wildman–Crippen LogP) is 1.34. The first-order valence-corrected chi connectivity index (χ1v) is 4.18. The molecule has 0 unspecified atom stereocenters. The van der Waals surface area contributed by atoms with Gasteiger partial charge in [-0.1, -0.05) is 0 Å². The summed E-state index contributed by atoms with van der Waals surface area (Å²) in [5.41, 5.74) is 5.65. The molecular formula is C9H8F2N4. The van der Waals surface area contributed by atoms with Gasteiger partial charge >= 0.3 is 0 Å². The SMILES string of the molecule is Cn1nc(-c2cncc(F)c2)c(F)c1N. The van der Waals surface area contributed by atoms with Crippen LogP contribution in [-0.4, -0.2) is 14.8 Å². The number of hydrogen-bond donors (Lipinski definition) is 1. The molecule has 0 bridgehead atoms. The van der Waals surface area contributed by atoms with Crippen molar-refractivity contribution in [3.8, 4) is 11.3 Å². The first kappa shape index (κ1) is 9.57. The van der Waals surface area contributed by atoms with E-state index >= 15 is 0 Å². The highest BCUT2D eigenvalue weighted by atomic mass is 19.1. The monoisotopic (exact) mass is 210 g/mol. The Balaban J connectivity index is 2.59. The zero-order chi connectivity index (χ0) is 11.0. The zero-order valence-electron chi connectivity index (χ0n) is 7.91. The van der Waals surface area contributed by atoms with Gasteiger partial charge in [-0.3, -0.25) is 4.98 Å². The Morgan fingerprint density at radius 1 is 1.33 bits per heavy atom. The maximum atomic E-state index is 13.5. The Morgan fingerprint density at radius 2 is 2.07 bits per heavy atom. The van der Waals surface area contributed by atoms with Crippen molar-refractivity contribution in [2.75, 3.05) is 5.73 Å². The second-order valence-electron chi connectivity index (χ2n) is 3.06. The van der Waals surface area contributed by atoms with E-state index in [-0.39, 0.29) is 17.1 Å². The van der Waals surface area contributed by atoms with Crippen molar-refractivity contribution in [1.82, 2.24) is 14.8 Å². The van der Waals surface area contributed by atoms with Crippen LogP contribution in [0, 0.1) is 11.6 Å². The van der Waals surface area contributed by atoms with E-state index in [0.717, 1.165) is 12.3 Å². The topological polar surface area (TPSA) is 56.7 Å². The summed E-state index contributed by atoms with van der Waals surface area (Å²) < 4.78 is 27.5. The van der Waals surface area contributed by atoms with Gasteiger partial charge in [0.15, 0.2) is 11.6 Å². The van der Waals surface area contributed by atoms with Crippen LogP contribution in [0.3, 0.4) is 0 Å². The molecule has 2 aromatic rings. The van der Waals surface area contributed by atoms with Crippen LogP contribution >= 0.6 is 0 Å². The van der Waals surface area contributed by atoms with Crippen molar-refractivity contribution in [3.05, 3.63) is 30.1 Å². The molecule has 6 heteroatoms. The number of rotatable bonds is 1. The minimum absolute atomic E-state index is 0.00185. The lowest BCUT2D eigenvalue weighted by Gasteiger charge is -1.95. The molecule has 0 saturated carbocycles. The Bertz CT molecular complexity index is 507. The van der Waals surface area contributed by atoms with E-state index in [9.17, 15) is 8.78 Å². The molecule has 0 aliphatic carbocycles. The van der Waals surface area contributed by atoms with Gasteiger partial charge in [0.25, 0.3) is 0 Å². The lowest BCUT2D eigenvalue weighted by molar-refractivity contribution is 0.620. The fourth-order valence-electron chi connectivity index (χ4n) is 1.24. The van der Waals surface area contributed by atoms with Crippen molar-refractivity contribution in [2.45, 2.75) is 0 Å². The molecule has 0 spiro atoms. The molecule has 0 aromatic carbocycles. The standard InChI is InChI=1S/C9H8F2N4/c1-15-9(12)7(11)8(14-15)5-2-6(10)4-13-3-5/h2-4H,12H2,1H3. The summed E-state index contributed by atoms with van der Waals surface area (Å²) in [5.74, 6) is -1.30. The third-order valence-corrected chi connectivity index (χ3v) is 2.01. The van der Waals surface area contributed by atoms with Crippen LogP contribution in [0.15, 0.2) is 18.5 Å². The lowest BCUT2D eigenvalue weighted by Crippen LogP contribution is -1.97. The number of aryl methyl sites for hydroxylation is 1. The average molecular weight is 210 g/mol. The fraction of sp³-hybridized carbons (Fsp3) is 0.111. The molecule has 0 radical (unpaired) electrons. The first-order valence-electron chi connectivity index (χ1n) is 4.18. The maximum Gasteiger partial charge on any atom is 0.192 e. The van der Waals surface area contributed by atoms with Gasteiger partial charge in [0.05, 0.1) is 6.20 Å². The number of nitrogens with two attached hydrogens (primary N) is 1. The van der Waals surface area contributed by atoms with E-state index in [2.05, 4.69) is 10.1 Å². The van der Waals surface area contributed by atoms with Gasteiger partial charge in [0, 0.05) is 18.8 Å². The number of halogens is 2. The summed E-state index contributed by atoms with van der Waals surface area (Å²) in [6, 6.07) is 1.15. The molecule has 2 heterocycles. The predicted molar refractivity (Wildman–Crippen MR) is 50.8 cm³/mol. The lowest BCUT2D eigenvalue weighted by atomic mass is 10.2. The molecular weight excluding hydrogens is 202 g/mol. The Hall–Kier alpha value is -1.98. The van der Waals surface area contributed by atoms with Crippen LogP contribution in [0.2, 0.25) is 0 Å². The van der Waals surface area contributed by atoms with E-state index in [0.29, 0.717) is 0 Å². The molecule has 0 amide bonds. The summed E-state index contributed by atoms with van der Waals surface area (Å²) in [6.07, 6.45) is 2.36. The van der Waals surface area contributed by atoms with E-state index < -0.39 is 11.6 Å². The number of nitrogens with zero attached hydrogens (tertiary/aromatic N) is 3. The summed E-state index contributed by atoms with van der Waals surface area (Å²) in [4.78, 5) is 3.61. The second kappa shape index (κ2) is 3.30. The molecule has 2 aromatic heterocycles. The molecule has 2 N–H and O–H groups in total. The minimum atomic E-state index is -0.662. The highest BCUT2D eigenvalue weighted by Gasteiger charge is 2.15. The van der Waals surface area contributed by atoms with Crippen LogP contribution in [0.25, 0.3) is 11.3 Å². The molecule has 0 fully saturated rings. The molecule has 15 heavy (non-hydrogen) atoms. The molecule has 0 saturated heterocycles. The van der Waals surface area contributed by atoms with Gasteiger partial charge in [-0.05, 0) is 6.07 Å². The van der Waals surface area contributed by atoms with Gasteiger partial charge in [0.2, 0.25) is 0 Å². The van der Waals surface area contributed by atoms with Crippen molar-refractivity contribution < 1.29 is 8.78 Å². The summed E-state index contributed by atoms with van der Waals surface area (Å²) in [6.45, 7) is 0. The fourth-order valence-corrected chi connectivity index (χ4v) is 1.24. The number of nitrogen functional groups attached to an aromatic ring is 1. The van der Waals surface area contributed by atoms with Gasteiger partial charge in [0.1, 0.15) is 11.5 Å². The molecule has 0 atom stereocenters. The summed E-state index contributed by atoms with van der Waals surface area (Å²) in [7, 11) is 1.51. The first-order chi connectivity index (χ1) is 7.09. The molecule has 0 aliphatic rings. The quantitative estimate of drug-likeness (QED) is 0.772. The van der Waals surface area contributed by atoms with Crippen LogP contribution in [0.4, 0.5) is 14.6 Å². The third kappa shape index (κ3) is 1.54. The highest BCUT2D eigenvalue weighted by Crippen LogP contribution is 2.24. The molecule has 2 rings (SSSR count). The van der Waals surface area contributed by atoms with E-state index in [1.165, 1.54) is 17.9 Å². The average Bonchev–Trinajstić information content (AvgIpc) is 2.46. The number of aromatic nitrogens is 3. The van der Waals surface area contributed by atoms with Crippen molar-refractivity contribution in [1.29, 1.82) is 0 Å². The van der Waals surface area contributed by atoms with Gasteiger partial charge in [-0.25, -0.2) is 13.5 Å². The van der Waals surface area contributed by atoms with Gasteiger partial charge in [-0.2, -0.15) is 5.10 Å².